The van der Waals surface area contributed by atoms with E-state index in [9.17, 15) is 8.42 Å². The predicted molar refractivity (Wildman–Crippen MR) is 66.5 cm³/mol. The van der Waals surface area contributed by atoms with Gasteiger partial charge in [0, 0.05) is 11.3 Å². The molecule has 0 saturated heterocycles. The summed E-state index contributed by atoms with van der Waals surface area (Å²) in [5.41, 5.74) is 0.670. The zero-order chi connectivity index (χ0) is 11.6. The molecular formula is C10H12N2O2S2. The molecule has 0 spiro atoms. The molecule has 2 rings (SSSR count). The molecule has 0 radical (unpaired) electrons. The van der Waals surface area contributed by atoms with Gasteiger partial charge in [0.25, 0.3) is 10.0 Å². The van der Waals surface area contributed by atoms with Gasteiger partial charge in [-0.15, -0.1) is 0 Å². The zero-order valence-electron chi connectivity index (χ0n) is 8.80. The second kappa shape index (κ2) is 4.47. The number of benzene rings is 1. The van der Waals surface area contributed by atoms with E-state index in [0.717, 1.165) is 5.75 Å². The van der Waals surface area contributed by atoms with Gasteiger partial charge in [-0.3, -0.25) is 9.71 Å². The van der Waals surface area contributed by atoms with Gasteiger partial charge >= 0.3 is 0 Å². The van der Waals surface area contributed by atoms with E-state index in [1.807, 2.05) is 12.3 Å². The van der Waals surface area contributed by atoms with Crippen molar-refractivity contribution in [1.29, 1.82) is 0 Å². The van der Waals surface area contributed by atoms with Crippen molar-refractivity contribution in [2.45, 2.75) is 4.90 Å². The van der Waals surface area contributed by atoms with E-state index >= 15 is 0 Å². The van der Waals surface area contributed by atoms with Gasteiger partial charge in [-0.2, -0.15) is 11.8 Å². The van der Waals surface area contributed by atoms with Crippen LogP contribution in [-0.2, 0) is 10.0 Å². The Morgan fingerprint density at radius 2 is 2.12 bits per heavy atom. The van der Waals surface area contributed by atoms with Gasteiger partial charge in [0.15, 0.2) is 0 Å². The first-order chi connectivity index (χ1) is 7.65. The van der Waals surface area contributed by atoms with Crippen LogP contribution in [0.1, 0.15) is 5.56 Å². The summed E-state index contributed by atoms with van der Waals surface area (Å²) in [5.74, 6) is 1.34. The van der Waals surface area contributed by atoms with Crippen molar-refractivity contribution in [3.63, 3.8) is 0 Å². The summed E-state index contributed by atoms with van der Waals surface area (Å²) in [6.07, 6.45) is 1.99. The van der Waals surface area contributed by atoms with Crippen molar-refractivity contribution >= 4 is 27.6 Å². The van der Waals surface area contributed by atoms with Crippen molar-refractivity contribution in [1.82, 2.24) is 4.72 Å². The molecule has 86 valence electrons. The lowest BCUT2D eigenvalue weighted by atomic mass is 10.2. The van der Waals surface area contributed by atoms with Gasteiger partial charge in [0.05, 0.1) is 11.4 Å². The maximum atomic E-state index is 11.7. The molecule has 0 bridgehead atoms. The number of thioether (sulfide) groups is 1. The molecule has 6 heteroatoms. The Morgan fingerprint density at radius 1 is 1.38 bits per heavy atom. The Balaban J connectivity index is 2.37. The summed E-state index contributed by atoms with van der Waals surface area (Å²) in [6, 6.07) is 6.88. The molecule has 1 N–H and O–H groups in total. The molecule has 1 aromatic carbocycles. The Kier molecular flexibility index (Phi) is 3.20. The van der Waals surface area contributed by atoms with Crippen LogP contribution < -0.4 is 4.72 Å². The number of aliphatic imine (C=N–C) groups is 1. The first kappa shape index (κ1) is 11.5. The number of hydrogen-bond acceptors (Lipinski definition) is 4. The molecule has 0 aliphatic carbocycles. The lowest BCUT2D eigenvalue weighted by molar-refractivity contribution is 0.595. The summed E-state index contributed by atoms with van der Waals surface area (Å²) in [4.78, 5) is 4.57. The topological polar surface area (TPSA) is 58.5 Å². The fourth-order valence-electron chi connectivity index (χ4n) is 1.50. The number of rotatable bonds is 3. The van der Waals surface area contributed by atoms with Crippen LogP contribution in [0, 0.1) is 0 Å². The molecule has 0 saturated carbocycles. The highest BCUT2D eigenvalue weighted by molar-refractivity contribution is 7.98. The highest BCUT2D eigenvalue weighted by Crippen LogP contribution is 2.21. The van der Waals surface area contributed by atoms with E-state index in [4.69, 9.17) is 0 Å². The van der Waals surface area contributed by atoms with Gasteiger partial charge < -0.3 is 0 Å². The molecule has 1 aromatic rings. The molecule has 0 atom stereocenters. The van der Waals surface area contributed by atoms with Gasteiger partial charge in [-0.25, -0.2) is 8.42 Å². The first-order valence-corrected chi connectivity index (χ1v) is 7.68. The fraction of sp³-hybridized carbons (Fsp3) is 0.300. The van der Waals surface area contributed by atoms with E-state index in [2.05, 4.69) is 9.71 Å². The Bertz CT molecular complexity index is 523. The van der Waals surface area contributed by atoms with Crippen molar-refractivity contribution in [3.8, 4) is 0 Å². The number of sulfonamides is 1. The average Bonchev–Trinajstić information content (AvgIpc) is 2.52. The van der Waals surface area contributed by atoms with E-state index in [1.54, 1.807) is 30.0 Å². The van der Waals surface area contributed by atoms with Gasteiger partial charge in [0.1, 0.15) is 5.84 Å². The number of amidine groups is 1. The van der Waals surface area contributed by atoms with Gasteiger partial charge in [0.2, 0.25) is 0 Å². The molecule has 1 aliphatic rings. The lowest BCUT2D eigenvalue weighted by Gasteiger charge is -1.97. The first-order valence-electron chi connectivity index (χ1n) is 4.81. The fourth-order valence-corrected chi connectivity index (χ4v) is 3.02. The van der Waals surface area contributed by atoms with Crippen molar-refractivity contribution in [2.24, 2.45) is 4.99 Å². The molecular weight excluding hydrogens is 244 g/mol. The molecule has 1 heterocycles. The minimum atomic E-state index is -3.38. The third kappa shape index (κ3) is 2.08. The van der Waals surface area contributed by atoms with E-state index in [1.165, 1.54) is 0 Å². The predicted octanol–water partition coefficient (Wildman–Crippen LogP) is 1.09. The highest BCUT2D eigenvalue weighted by atomic mass is 32.2. The highest BCUT2D eigenvalue weighted by Gasteiger charge is 2.29. The smallest absolute Gasteiger partial charge is 0.263 e. The maximum Gasteiger partial charge on any atom is 0.263 e. The SMILES string of the molecule is CSCCN=C1NS(=O)(=O)c2ccccc21. The Hall–Kier alpha value is -1.01. The molecule has 0 aromatic heterocycles. The third-order valence-electron chi connectivity index (χ3n) is 2.23. The van der Waals surface area contributed by atoms with Crippen LogP contribution in [0.3, 0.4) is 0 Å². The van der Waals surface area contributed by atoms with Crippen molar-refractivity contribution in [2.75, 3.05) is 18.6 Å². The largest absolute Gasteiger partial charge is 0.266 e. The van der Waals surface area contributed by atoms with E-state index < -0.39 is 10.0 Å². The molecule has 16 heavy (non-hydrogen) atoms. The standard InChI is InChI=1S/C10H12N2O2S2/c1-15-7-6-11-10-8-4-2-3-5-9(8)16(13,14)12-10/h2-5H,6-7H2,1H3,(H,11,12). The normalized spacial score (nSPS) is 19.4. The average molecular weight is 256 g/mol. The van der Waals surface area contributed by atoms with Crippen LogP contribution in [0.25, 0.3) is 0 Å². The summed E-state index contributed by atoms with van der Waals surface area (Å²) in [6.45, 7) is 0.618. The van der Waals surface area contributed by atoms with Crippen LogP contribution in [0.2, 0.25) is 0 Å². The summed E-state index contributed by atoms with van der Waals surface area (Å²) < 4.78 is 25.9. The number of hydrogen-bond donors (Lipinski definition) is 1. The second-order valence-electron chi connectivity index (χ2n) is 3.32. The molecule has 4 nitrogen and oxygen atoms in total. The van der Waals surface area contributed by atoms with E-state index in [-0.39, 0.29) is 0 Å². The molecule has 0 fully saturated rings. The summed E-state index contributed by atoms with van der Waals surface area (Å²) >= 11 is 1.68. The number of nitrogens with one attached hydrogen (secondary N) is 1. The van der Waals surface area contributed by atoms with Crippen molar-refractivity contribution in [3.05, 3.63) is 29.8 Å². The Morgan fingerprint density at radius 3 is 2.88 bits per heavy atom. The monoisotopic (exact) mass is 256 g/mol. The second-order valence-corrected chi connectivity index (χ2v) is 5.96. The van der Waals surface area contributed by atoms with Crippen LogP contribution in [0.15, 0.2) is 34.2 Å². The third-order valence-corrected chi connectivity index (χ3v) is 4.22. The maximum absolute atomic E-state index is 11.7. The molecule has 0 amide bonds. The number of nitrogens with zero attached hydrogens (tertiary/aromatic N) is 1. The zero-order valence-corrected chi connectivity index (χ0v) is 10.4. The summed E-state index contributed by atoms with van der Waals surface area (Å²) in [7, 11) is -3.38. The minimum absolute atomic E-state index is 0.318. The molecule has 0 unspecified atom stereocenters. The van der Waals surface area contributed by atoms with Crippen LogP contribution >= 0.6 is 11.8 Å². The van der Waals surface area contributed by atoms with Gasteiger partial charge in [-0.1, -0.05) is 12.1 Å². The molecule has 1 aliphatic heterocycles. The van der Waals surface area contributed by atoms with Gasteiger partial charge in [-0.05, 0) is 18.4 Å². The quantitative estimate of drug-likeness (QED) is 0.824. The van der Waals surface area contributed by atoms with Crippen LogP contribution in [0.4, 0.5) is 0 Å². The lowest BCUT2D eigenvalue weighted by Crippen LogP contribution is -2.22. The Labute approximate surface area is 99.2 Å². The van der Waals surface area contributed by atoms with Crippen molar-refractivity contribution < 1.29 is 8.42 Å². The van der Waals surface area contributed by atoms with Crippen LogP contribution in [0.5, 0.6) is 0 Å². The minimum Gasteiger partial charge on any atom is -0.266 e. The summed E-state index contributed by atoms with van der Waals surface area (Å²) in [5, 5.41) is 0. The van der Waals surface area contributed by atoms with Crippen LogP contribution in [-0.4, -0.2) is 32.8 Å². The van der Waals surface area contributed by atoms with E-state index in [0.29, 0.717) is 22.8 Å². The number of fused-ring (bicyclic) bond motifs is 1.